The number of ether oxygens (including phenoxy) is 1. The smallest absolute Gasteiger partial charge is 0.257 e. The monoisotopic (exact) mass is 448 g/mol. The third-order valence-electron chi connectivity index (χ3n) is 5.24. The molecule has 3 aromatic carbocycles. The van der Waals surface area contributed by atoms with Gasteiger partial charge in [0, 0.05) is 35.8 Å². The lowest BCUT2D eigenvalue weighted by Crippen LogP contribution is -2.36. The van der Waals surface area contributed by atoms with Crippen LogP contribution in [0.1, 0.15) is 10.4 Å². The number of anilines is 4. The third kappa shape index (κ3) is 6.08. The molecule has 1 aliphatic heterocycles. The van der Waals surface area contributed by atoms with E-state index >= 15 is 0 Å². The highest BCUT2D eigenvalue weighted by Gasteiger charge is 2.13. The molecule has 1 heterocycles. The van der Waals surface area contributed by atoms with E-state index in [1.807, 2.05) is 24.3 Å². The number of amides is 2. The van der Waals surface area contributed by atoms with Crippen LogP contribution in [0, 0.1) is 5.82 Å². The third-order valence-corrected chi connectivity index (χ3v) is 5.24. The maximum absolute atomic E-state index is 13.1. The molecule has 0 aliphatic carbocycles. The normalized spacial score (nSPS) is 13.3. The Morgan fingerprint density at radius 3 is 2.21 bits per heavy atom. The highest BCUT2D eigenvalue weighted by molar-refractivity contribution is 6.08. The minimum Gasteiger partial charge on any atom is -0.378 e. The van der Waals surface area contributed by atoms with Crippen molar-refractivity contribution in [2.75, 3.05) is 53.7 Å². The number of benzene rings is 3. The van der Waals surface area contributed by atoms with Crippen LogP contribution in [0.3, 0.4) is 0 Å². The second kappa shape index (κ2) is 10.6. The topological polar surface area (TPSA) is 82.7 Å². The van der Waals surface area contributed by atoms with Gasteiger partial charge in [-0.25, -0.2) is 4.39 Å². The molecule has 2 amide bonds. The van der Waals surface area contributed by atoms with Gasteiger partial charge in [0.1, 0.15) is 5.82 Å². The second-order valence-corrected chi connectivity index (χ2v) is 7.55. The van der Waals surface area contributed by atoms with Crippen molar-refractivity contribution in [3.05, 3.63) is 84.2 Å². The first-order valence-corrected chi connectivity index (χ1v) is 10.7. The van der Waals surface area contributed by atoms with Gasteiger partial charge in [0.05, 0.1) is 25.3 Å². The molecule has 0 radical (unpaired) electrons. The lowest BCUT2D eigenvalue weighted by atomic mass is 10.1. The van der Waals surface area contributed by atoms with Crippen molar-refractivity contribution in [2.24, 2.45) is 0 Å². The Balaban J connectivity index is 1.32. The van der Waals surface area contributed by atoms with Crippen LogP contribution in [0.2, 0.25) is 0 Å². The van der Waals surface area contributed by atoms with Crippen molar-refractivity contribution >= 4 is 34.6 Å². The molecule has 170 valence electrons. The number of rotatable bonds is 7. The van der Waals surface area contributed by atoms with Gasteiger partial charge in [-0.3, -0.25) is 9.59 Å². The SMILES string of the molecule is O=C(CNc1ccccc1C(=O)Nc1ccc(F)cc1)Nc1ccc(N2CCOCC2)cc1. The predicted molar refractivity (Wildman–Crippen MR) is 127 cm³/mol. The van der Waals surface area contributed by atoms with Crippen molar-refractivity contribution in [2.45, 2.75) is 0 Å². The number of para-hydroxylation sites is 1. The molecule has 3 N–H and O–H groups in total. The van der Waals surface area contributed by atoms with Crippen LogP contribution in [0.5, 0.6) is 0 Å². The van der Waals surface area contributed by atoms with Crippen molar-refractivity contribution < 1.29 is 18.7 Å². The predicted octanol–water partition coefficient (Wildman–Crippen LogP) is 3.97. The molecule has 0 spiro atoms. The summed E-state index contributed by atoms with van der Waals surface area (Å²) < 4.78 is 18.5. The molecule has 0 unspecified atom stereocenters. The molecular weight excluding hydrogens is 423 g/mol. The number of hydrogen-bond acceptors (Lipinski definition) is 5. The van der Waals surface area contributed by atoms with Gasteiger partial charge >= 0.3 is 0 Å². The number of halogens is 1. The number of hydrogen-bond donors (Lipinski definition) is 3. The fourth-order valence-electron chi connectivity index (χ4n) is 3.52. The van der Waals surface area contributed by atoms with Gasteiger partial charge < -0.3 is 25.6 Å². The summed E-state index contributed by atoms with van der Waals surface area (Å²) in [6, 6.07) is 20.1. The Hall–Kier alpha value is -3.91. The summed E-state index contributed by atoms with van der Waals surface area (Å²) in [6.45, 7) is 3.13. The first-order valence-electron chi connectivity index (χ1n) is 10.7. The maximum atomic E-state index is 13.1. The molecule has 1 aliphatic rings. The number of carbonyl (C=O) groups excluding carboxylic acids is 2. The van der Waals surface area contributed by atoms with E-state index in [0.29, 0.717) is 35.8 Å². The van der Waals surface area contributed by atoms with Crippen LogP contribution in [0.4, 0.5) is 27.1 Å². The average molecular weight is 448 g/mol. The molecule has 0 atom stereocenters. The molecule has 8 heteroatoms. The van der Waals surface area contributed by atoms with E-state index < -0.39 is 0 Å². The number of carbonyl (C=O) groups is 2. The van der Waals surface area contributed by atoms with Crippen LogP contribution in [-0.4, -0.2) is 44.7 Å². The van der Waals surface area contributed by atoms with E-state index in [1.54, 1.807) is 24.3 Å². The molecule has 0 saturated carbocycles. The summed E-state index contributed by atoms with van der Waals surface area (Å²) >= 11 is 0. The molecule has 7 nitrogen and oxygen atoms in total. The summed E-state index contributed by atoms with van der Waals surface area (Å²) in [6.07, 6.45) is 0. The number of morpholine rings is 1. The first-order chi connectivity index (χ1) is 16.1. The molecule has 33 heavy (non-hydrogen) atoms. The highest BCUT2D eigenvalue weighted by atomic mass is 19.1. The van der Waals surface area contributed by atoms with Crippen molar-refractivity contribution in [3.63, 3.8) is 0 Å². The molecular formula is C25H25FN4O3. The second-order valence-electron chi connectivity index (χ2n) is 7.55. The van der Waals surface area contributed by atoms with Gasteiger partial charge in [-0.1, -0.05) is 12.1 Å². The van der Waals surface area contributed by atoms with E-state index in [0.717, 1.165) is 18.8 Å². The fourth-order valence-corrected chi connectivity index (χ4v) is 3.52. The Bertz CT molecular complexity index is 1100. The van der Waals surface area contributed by atoms with Crippen molar-refractivity contribution in [3.8, 4) is 0 Å². The van der Waals surface area contributed by atoms with Crippen LogP contribution >= 0.6 is 0 Å². The molecule has 3 aromatic rings. The zero-order valence-electron chi connectivity index (χ0n) is 18.0. The molecule has 4 rings (SSSR count). The van der Waals surface area contributed by atoms with Gasteiger partial charge in [0.15, 0.2) is 0 Å². The minimum atomic E-state index is -0.378. The zero-order valence-corrected chi connectivity index (χ0v) is 18.0. The zero-order chi connectivity index (χ0) is 23.0. The molecule has 0 aromatic heterocycles. The van der Waals surface area contributed by atoms with Gasteiger partial charge in [-0.15, -0.1) is 0 Å². The average Bonchev–Trinajstić information content (AvgIpc) is 2.85. The Morgan fingerprint density at radius 2 is 1.48 bits per heavy atom. The molecule has 1 fully saturated rings. The summed E-state index contributed by atoms with van der Waals surface area (Å²) in [5.41, 5.74) is 3.17. The van der Waals surface area contributed by atoms with E-state index in [-0.39, 0.29) is 24.2 Å². The summed E-state index contributed by atoms with van der Waals surface area (Å²) in [5.74, 6) is -0.969. The summed E-state index contributed by atoms with van der Waals surface area (Å²) in [5, 5.41) is 8.60. The van der Waals surface area contributed by atoms with Crippen molar-refractivity contribution in [1.29, 1.82) is 0 Å². The van der Waals surface area contributed by atoms with Gasteiger partial charge in [0.2, 0.25) is 5.91 Å². The largest absolute Gasteiger partial charge is 0.378 e. The maximum Gasteiger partial charge on any atom is 0.257 e. The minimum absolute atomic E-state index is 0.00788. The van der Waals surface area contributed by atoms with E-state index in [4.69, 9.17) is 4.74 Å². The lowest BCUT2D eigenvalue weighted by Gasteiger charge is -2.28. The van der Waals surface area contributed by atoms with E-state index in [9.17, 15) is 14.0 Å². The first kappa shape index (κ1) is 22.3. The van der Waals surface area contributed by atoms with Crippen molar-refractivity contribution in [1.82, 2.24) is 0 Å². The molecule has 1 saturated heterocycles. The van der Waals surface area contributed by atoms with Crippen LogP contribution < -0.4 is 20.9 Å². The number of nitrogens with zero attached hydrogens (tertiary/aromatic N) is 1. The highest BCUT2D eigenvalue weighted by Crippen LogP contribution is 2.20. The Kier molecular flexibility index (Phi) is 7.16. The van der Waals surface area contributed by atoms with E-state index in [2.05, 4.69) is 20.9 Å². The molecule has 0 bridgehead atoms. The van der Waals surface area contributed by atoms with Crippen LogP contribution in [-0.2, 0) is 9.53 Å². The Morgan fingerprint density at radius 1 is 0.848 bits per heavy atom. The number of nitrogens with one attached hydrogen (secondary N) is 3. The lowest BCUT2D eigenvalue weighted by molar-refractivity contribution is -0.114. The van der Waals surface area contributed by atoms with Crippen LogP contribution in [0.25, 0.3) is 0 Å². The summed E-state index contributed by atoms with van der Waals surface area (Å²) in [4.78, 5) is 27.3. The quantitative estimate of drug-likeness (QED) is 0.510. The Labute approximate surface area is 191 Å². The van der Waals surface area contributed by atoms with Crippen LogP contribution in [0.15, 0.2) is 72.8 Å². The van der Waals surface area contributed by atoms with E-state index in [1.165, 1.54) is 24.3 Å². The van der Waals surface area contributed by atoms with Gasteiger partial charge in [-0.2, -0.15) is 0 Å². The fraction of sp³-hybridized carbons (Fsp3) is 0.200. The van der Waals surface area contributed by atoms with Gasteiger partial charge in [-0.05, 0) is 60.7 Å². The summed E-state index contributed by atoms with van der Waals surface area (Å²) in [7, 11) is 0. The standard InChI is InChI=1S/C25H25FN4O3/c26-18-5-7-20(8-6-18)29-25(32)22-3-1-2-4-23(22)27-17-24(31)28-19-9-11-21(12-10-19)30-13-15-33-16-14-30/h1-12,27H,13-17H2,(H,28,31)(H,29,32). The van der Waals surface area contributed by atoms with Gasteiger partial charge in [0.25, 0.3) is 5.91 Å².